The first-order valence-electron chi connectivity index (χ1n) is 4.77. The van der Waals surface area contributed by atoms with Crippen LogP contribution in [-0.4, -0.2) is 4.98 Å². The molecule has 0 aliphatic rings. The third-order valence-electron chi connectivity index (χ3n) is 2.12. The Labute approximate surface area is 89.5 Å². The second-order valence-corrected chi connectivity index (χ2v) is 3.22. The van der Waals surface area contributed by atoms with E-state index in [-0.39, 0.29) is 0 Å². The lowest BCUT2D eigenvalue weighted by atomic mass is 10.2. The van der Waals surface area contributed by atoms with Gasteiger partial charge in [-0.25, -0.2) is 0 Å². The van der Waals surface area contributed by atoms with Crippen molar-refractivity contribution < 1.29 is 0 Å². The molecule has 0 atom stereocenters. The zero-order chi connectivity index (χ0) is 10.5. The first-order chi connectivity index (χ1) is 7.38. The minimum absolute atomic E-state index is 0.808. The van der Waals surface area contributed by atoms with Crippen molar-refractivity contribution in [1.82, 2.24) is 4.98 Å². The summed E-state index contributed by atoms with van der Waals surface area (Å²) in [7, 11) is 0. The van der Waals surface area contributed by atoms with Gasteiger partial charge in [-0.15, -0.1) is 6.42 Å². The van der Waals surface area contributed by atoms with Crippen LogP contribution in [0.15, 0.2) is 42.5 Å². The highest BCUT2D eigenvalue weighted by Crippen LogP contribution is 2.07. The molecule has 2 aromatic rings. The van der Waals surface area contributed by atoms with Crippen molar-refractivity contribution in [1.29, 1.82) is 0 Å². The Balaban J connectivity index is 2.16. The van der Waals surface area contributed by atoms with Crippen LogP contribution in [0.3, 0.4) is 0 Å². The Morgan fingerprint density at radius 2 is 1.80 bits per heavy atom. The monoisotopic (exact) mass is 193 g/mol. The van der Waals surface area contributed by atoms with Crippen molar-refractivity contribution >= 4 is 12.2 Å². The Kier molecular flexibility index (Phi) is 2.71. The molecule has 1 N–H and O–H groups in total. The van der Waals surface area contributed by atoms with Crippen molar-refractivity contribution in [3.8, 4) is 12.3 Å². The minimum atomic E-state index is 0.808. The van der Waals surface area contributed by atoms with Gasteiger partial charge in [-0.3, -0.25) is 0 Å². The van der Waals surface area contributed by atoms with E-state index in [4.69, 9.17) is 6.42 Å². The molecule has 0 aliphatic heterocycles. The second kappa shape index (κ2) is 4.34. The van der Waals surface area contributed by atoms with Crippen molar-refractivity contribution in [3.63, 3.8) is 0 Å². The van der Waals surface area contributed by atoms with E-state index in [0.717, 1.165) is 11.4 Å². The molecule has 1 aromatic carbocycles. The van der Waals surface area contributed by atoms with Gasteiger partial charge >= 0.3 is 0 Å². The van der Waals surface area contributed by atoms with Gasteiger partial charge in [0.15, 0.2) is 0 Å². The predicted molar refractivity (Wildman–Crippen MR) is 64.1 cm³/mol. The van der Waals surface area contributed by atoms with Crippen LogP contribution in [0.1, 0.15) is 17.0 Å². The molecule has 0 aliphatic carbocycles. The van der Waals surface area contributed by atoms with E-state index >= 15 is 0 Å². The molecule has 1 heterocycles. The lowest BCUT2D eigenvalue weighted by molar-refractivity contribution is 1.34. The molecule has 1 heteroatoms. The van der Waals surface area contributed by atoms with E-state index in [1.165, 1.54) is 5.56 Å². The maximum absolute atomic E-state index is 5.27. The highest BCUT2D eigenvalue weighted by molar-refractivity contribution is 5.68. The predicted octanol–water partition coefficient (Wildman–Crippen LogP) is 3.17. The summed E-state index contributed by atoms with van der Waals surface area (Å²) in [5.74, 6) is 2.56. The number of H-pyrrole nitrogens is 1. The van der Waals surface area contributed by atoms with E-state index in [9.17, 15) is 0 Å². The SMILES string of the molecule is C#Cc1ccc(/C=C/c2ccccc2)[nH]1. The Hall–Kier alpha value is -2.20. The molecule has 1 aromatic heterocycles. The summed E-state index contributed by atoms with van der Waals surface area (Å²) >= 11 is 0. The number of aromatic nitrogens is 1. The summed E-state index contributed by atoms with van der Waals surface area (Å²) in [6.07, 6.45) is 9.32. The van der Waals surface area contributed by atoms with Crippen LogP contribution in [0.5, 0.6) is 0 Å². The molecule has 0 unspecified atom stereocenters. The van der Waals surface area contributed by atoms with E-state index in [0.29, 0.717) is 0 Å². The average molecular weight is 193 g/mol. The molecule has 15 heavy (non-hydrogen) atoms. The van der Waals surface area contributed by atoms with Crippen LogP contribution >= 0.6 is 0 Å². The molecule has 0 spiro atoms. The maximum Gasteiger partial charge on any atom is 0.0895 e. The summed E-state index contributed by atoms with van der Waals surface area (Å²) in [5, 5.41) is 0. The van der Waals surface area contributed by atoms with Crippen molar-refractivity contribution in [2.45, 2.75) is 0 Å². The zero-order valence-electron chi connectivity index (χ0n) is 8.27. The zero-order valence-corrected chi connectivity index (χ0v) is 8.27. The fourth-order valence-corrected chi connectivity index (χ4v) is 1.34. The van der Waals surface area contributed by atoms with Crippen molar-refractivity contribution in [2.24, 2.45) is 0 Å². The molecular weight excluding hydrogens is 182 g/mol. The second-order valence-electron chi connectivity index (χ2n) is 3.22. The van der Waals surface area contributed by atoms with Crippen LogP contribution in [0.4, 0.5) is 0 Å². The molecule has 0 saturated heterocycles. The number of benzene rings is 1. The lowest BCUT2D eigenvalue weighted by Crippen LogP contribution is -1.73. The fraction of sp³-hybridized carbons (Fsp3) is 0. The van der Waals surface area contributed by atoms with Crippen LogP contribution in [0, 0.1) is 12.3 Å². The van der Waals surface area contributed by atoms with Gasteiger partial charge in [0.2, 0.25) is 0 Å². The van der Waals surface area contributed by atoms with E-state index < -0.39 is 0 Å². The van der Waals surface area contributed by atoms with Crippen LogP contribution in [0.25, 0.3) is 12.2 Å². The molecule has 0 saturated carbocycles. The van der Waals surface area contributed by atoms with Gasteiger partial charge in [-0.1, -0.05) is 42.3 Å². The minimum Gasteiger partial charge on any atom is -0.349 e. The van der Waals surface area contributed by atoms with Gasteiger partial charge in [0.25, 0.3) is 0 Å². The maximum atomic E-state index is 5.27. The molecule has 72 valence electrons. The lowest BCUT2D eigenvalue weighted by Gasteiger charge is -1.90. The molecule has 0 bridgehead atoms. The molecule has 0 radical (unpaired) electrons. The van der Waals surface area contributed by atoms with Gasteiger partial charge in [0.1, 0.15) is 0 Å². The first-order valence-corrected chi connectivity index (χ1v) is 4.77. The van der Waals surface area contributed by atoms with Gasteiger partial charge in [-0.2, -0.15) is 0 Å². The summed E-state index contributed by atoms with van der Waals surface area (Å²) < 4.78 is 0. The standard InChI is InChI=1S/C14H11N/c1-2-13-10-11-14(15-13)9-8-12-6-4-3-5-7-12/h1,3-11,15H/b9-8+. The number of nitrogens with one attached hydrogen (secondary N) is 1. The first kappa shape index (κ1) is 9.36. The molecular formula is C14H11N. The van der Waals surface area contributed by atoms with Gasteiger partial charge < -0.3 is 4.98 Å². The molecule has 0 amide bonds. The number of rotatable bonds is 2. The number of hydrogen-bond acceptors (Lipinski definition) is 0. The fourth-order valence-electron chi connectivity index (χ4n) is 1.34. The summed E-state index contributed by atoms with van der Waals surface area (Å²) in [6, 6.07) is 14.0. The Morgan fingerprint density at radius 3 is 2.47 bits per heavy atom. The molecule has 1 nitrogen and oxygen atoms in total. The largest absolute Gasteiger partial charge is 0.349 e. The highest BCUT2D eigenvalue weighted by Gasteiger charge is 1.91. The van der Waals surface area contributed by atoms with Crippen LogP contribution in [0.2, 0.25) is 0 Å². The van der Waals surface area contributed by atoms with Gasteiger partial charge in [-0.05, 0) is 23.8 Å². The summed E-state index contributed by atoms with van der Waals surface area (Å²) in [6.45, 7) is 0. The van der Waals surface area contributed by atoms with E-state index in [2.05, 4.69) is 23.0 Å². The van der Waals surface area contributed by atoms with E-state index in [1.54, 1.807) is 0 Å². The molecule has 0 fully saturated rings. The van der Waals surface area contributed by atoms with E-state index in [1.807, 2.05) is 42.5 Å². The van der Waals surface area contributed by atoms with Gasteiger partial charge in [0, 0.05) is 5.69 Å². The topological polar surface area (TPSA) is 15.8 Å². The number of hydrogen-bond donors (Lipinski definition) is 1. The number of aromatic amines is 1. The Bertz CT molecular complexity index is 498. The average Bonchev–Trinajstić information content (AvgIpc) is 2.76. The Morgan fingerprint density at radius 1 is 1.00 bits per heavy atom. The highest BCUT2D eigenvalue weighted by atomic mass is 14.7. The third-order valence-corrected chi connectivity index (χ3v) is 2.12. The van der Waals surface area contributed by atoms with Crippen LogP contribution < -0.4 is 0 Å². The smallest absolute Gasteiger partial charge is 0.0895 e. The molecule has 2 rings (SSSR count). The van der Waals surface area contributed by atoms with Crippen molar-refractivity contribution in [3.05, 3.63) is 59.4 Å². The normalized spacial score (nSPS) is 10.3. The third kappa shape index (κ3) is 2.38. The van der Waals surface area contributed by atoms with Crippen LogP contribution in [-0.2, 0) is 0 Å². The van der Waals surface area contributed by atoms with Gasteiger partial charge in [0.05, 0.1) is 5.69 Å². The van der Waals surface area contributed by atoms with Crippen molar-refractivity contribution in [2.75, 3.05) is 0 Å². The quantitative estimate of drug-likeness (QED) is 0.705. The number of terminal acetylenes is 1. The summed E-state index contributed by atoms with van der Waals surface area (Å²) in [5.41, 5.74) is 3.00. The summed E-state index contributed by atoms with van der Waals surface area (Å²) in [4.78, 5) is 3.11.